The molecule has 2 aliphatic rings. The van der Waals surface area contributed by atoms with Crippen molar-refractivity contribution in [3.8, 4) is 0 Å². The molecule has 1 saturated carbocycles. The number of thioether (sulfide) groups is 2. The summed E-state index contributed by atoms with van der Waals surface area (Å²) in [5.41, 5.74) is 2.61. The van der Waals surface area contributed by atoms with Crippen LogP contribution in [0.2, 0.25) is 0 Å². The minimum absolute atomic E-state index is 0.278. The molecule has 0 spiro atoms. The average molecular weight is 280 g/mol. The highest BCUT2D eigenvalue weighted by atomic mass is 32.2. The first-order valence-electron chi connectivity index (χ1n) is 6.82. The van der Waals surface area contributed by atoms with E-state index < -0.39 is 0 Å². The van der Waals surface area contributed by atoms with E-state index in [9.17, 15) is 5.11 Å². The first-order valence-corrected chi connectivity index (χ1v) is 9.03. The summed E-state index contributed by atoms with van der Waals surface area (Å²) in [5, 5.41) is 11.0. The van der Waals surface area contributed by atoms with Crippen molar-refractivity contribution in [2.75, 3.05) is 17.3 Å². The second kappa shape index (κ2) is 5.89. The van der Waals surface area contributed by atoms with E-state index in [2.05, 4.69) is 24.3 Å². The lowest BCUT2D eigenvalue weighted by atomic mass is 9.77. The molecule has 1 aromatic rings. The van der Waals surface area contributed by atoms with E-state index in [0.29, 0.717) is 11.2 Å². The second-order valence-corrected chi connectivity index (χ2v) is 7.68. The Hall–Kier alpha value is -0.120. The Kier molecular flexibility index (Phi) is 4.22. The lowest BCUT2D eigenvalue weighted by molar-refractivity contribution is 0.178. The van der Waals surface area contributed by atoms with Crippen molar-refractivity contribution in [2.24, 2.45) is 0 Å². The van der Waals surface area contributed by atoms with Gasteiger partial charge in [-0.3, -0.25) is 0 Å². The van der Waals surface area contributed by atoms with Crippen molar-refractivity contribution >= 4 is 23.5 Å². The van der Waals surface area contributed by atoms with E-state index >= 15 is 0 Å². The topological polar surface area (TPSA) is 20.2 Å². The molecule has 1 N–H and O–H groups in total. The van der Waals surface area contributed by atoms with Crippen molar-refractivity contribution < 1.29 is 5.11 Å². The molecule has 3 heteroatoms. The van der Waals surface area contributed by atoms with E-state index in [4.69, 9.17) is 0 Å². The number of aliphatic hydroxyl groups is 1. The summed E-state index contributed by atoms with van der Waals surface area (Å²) in [4.78, 5) is 0. The highest BCUT2D eigenvalue weighted by Crippen LogP contribution is 2.42. The molecule has 1 heterocycles. The monoisotopic (exact) mass is 280 g/mol. The molecule has 3 rings (SSSR count). The van der Waals surface area contributed by atoms with E-state index in [1.54, 1.807) is 0 Å². The Morgan fingerprint density at radius 2 is 2.00 bits per heavy atom. The SMILES string of the molecule is OC(c1ccccc1C1CCC1)C1CSCCS1. The van der Waals surface area contributed by atoms with E-state index in [-0.39, 0.29) is 6.10 Å². The van der Waals surface area contributed by atoms with E-state index in [1.807, 2.05) is 23.5 Å². The molecule has 18 heavy (non-hydrogen) atoms. The standard InChI is InChI=1S/C15H20OS2/c16-15(14-10-17-8-9-18-14)13-7-2-1-6-12(13)11-4-3-5-11/h1-2,6-7,11,14-16H,3-5,8-10H2. The van der Waals surface area contributed by atoms with Gasteiger partial charge < -0.3 is 5.11 Å². The Morgan fingerprint density at radius 3 is 2.67 bits per heavy atom. The zero-order valence-corrected chi connectivity index (χ0v) is 12.2. The summed E-state index contributed by atoms with van der Waals surface area (Å²) in [6, 6.07) is 8.55. The molecule has 1 aliphatic heterocycles. The molecule has 0 amide bonds. The minimum atomic E-state index is -0.278. The van der Waals surface area contributed by atoms with Crippen molar-refractivity contribution in [2.45, 2.75) is 36.5 Å². The molecule has 98 valence electrons. The van der Waals surface area contributed by atoms with Crippen molar-refractivity contribution in [1.29, 1.82) is 0 Å². The van der Waals surface area contributed by atoms with Crippen LogP contribution in [0, 0.1) is 0 Å². The van der Waals surface area contributed by atoms with Gasteiger partial charge in [-0.1, -0.05) is 30.7 Å². The van der Waals surface area contributed by atoms with Gasteiger partial charge >= 0.3 is 0 Å². The third kappa shape index (κ3) is 2.59. The normalized spacial score (nSPS) is 26.6. The smallest absolute Gasteiger partial charge is 0.0919 e. The summed E-state index contributed by atoms with van der Waals surface area (Å²) in [6.45, 7) is 0. The van der Waals surface area contributed by atoms with Crippen LogP contribution in [0.15, 0.2) is 24.3 Å². The van der Waals surface area contributed by atoms with Crippen molar-refractivity contribution in [1.82, 2.24) is 0 Å². The van der Waals surface area contributed by atoms with Crippen molar-refractivity contribution in [3.63, 3.8) is 0 Å². The Labute approximate surface area is 118 Å². The molecule has 1 aliphatic carbocycles. The summed E-state index contributed by atoms with van der Waals surface area (Å²) in [6.07, 6.45) is 3.68. The molecule has 1 saturated heterocycles. The number of hydrogen-bond donors (Lipinski definition) is 1. The van der Waals surface area contributed by atoms with Crippen LogP contribution in [0.25, 0.3) is 0 Å². The zero-order chi connectivity index (χ0) is 12.4. The molecule has 1 nitrogen and oxygen atoms in total. The van der Waals surface area contributed by atoms with Crippen LogP contribution < -0.4 is 0 Å². The fourth-order valence-corrected chi connectivity index (χ4v) is 5.50. The second-order valence-electron chi connectivity index (χ2n) is 5.19. The fraction of sp³-hybridized carbons (Fsp3) is 0.600. The van der Waals surface area contributed by atoms with Crippen LogP contribution in [-0.2, 0) is 0 Å². The zero-order valence-electron chi connectivity index (χ0n) is 10.5. The maximum absolute atomic E-state index is 10.7. The first-order chi connectivity index (χ1) is 8.86. The van der Waals surface area contributed by atoms with Gasteiger partial charge in [0.15, 0.2) is 0 Å². The molecule has 0 radical (unpaired) electrons. The van der Waals surface area contributed by atoms with Gasteiger partial charge in [-0.25, -0.2) is 0 Å². The Morgan fingerprint density at radius 1 is 1.17 bits per heavy atom. The number of hydrogen-bond acceptors (Lipinski definition) is 3. The summed E-state index contributed by atoms with van der Waals surface area (Å²) in [7, 11) is 0. The fourth-order valence-electron chi connectivity index (χ4n) is 2.76. The summed E-state index contributed by atoms with van der Waals surface area (Å²) >= 11 is 3.92. The number of rotatable bonds is 3. The molecule has 1 aromatic carbocycles. The Bertz CT molecular complexity index is 397. The molecule has 2 unspecified atom stereocenters. The first kappa shape index (κ1) is 12.9. The third-order valence-corrected chi connectivity index (χ3v) is 6.90. The van der Waals surface area contributed by atoms with E-state index in [1.165, 1.54) is 41.9 Å². The van der Waals surface area contributed by atoms with Crippen LogP contribution >= 0.6 is 23.5 Å². The predicted octanol–water partition coefficient (Wildman–Crippen LogP) is 3.84. The van der Waals surface area contributed by atoms with Gasteiger partial charge in [0.25, 0.3) is 0 Å². The maximum Gasteiger partial charge on any atom is 0.0919 e. The summed E-state index contributed by atoms with van der Waals surface area (Å²) < 4.78 is 0. The third-order valence-electron chi connectivity index (χ3n) is 4.05. The lowest BCUT2D eigenvalue weighted by Gasteiger charge is -2.32. The van der Waals surface area contributed by atoms with Gasteiger partial charge in [-0.05, 0) is 29.9 Å². The minimum Gasteiger partial charge on any atom is -0.387 e. The molecule has 2 fully saturated rings. The van der Waals surface area contributed by atoms with Gasteiger partial charge in [0.05, 0.1) is 6.10 Å². The quantitative estimate of drug-likeness (QED) is 0.908. The largest absolute Gasteiger partial charge is 0.387 e. The molecule has 0 aromatic heterocycles. The van der Waals surface area contributed by atoms with Crippen molar-refractivity contribution in [3.05, 3.63) is 35.4 Å². The molecule has 2 atom stereocenters. The maximum atomic E-state index is 10.7. The highest BCUT2D eigenvalue weighted by Gasteiger charge is 2.29. The molecule has 0 bridgehead atoms. The predicted molar refractivity (Wildman–Crippen MR) is 81.6 cm³/mol. The van der Waals surface area contributed by atoms with Gasteiger partial charge in [0, 0.05) is 22.5 Å². The average Bonchev–Trinajstić information content (AvgIpc) is 2.38. The van der Waals surface area contributed by atoms with Crippen LogP contribution in [0.1, 0.15) is 42.4 Å². The number of benzene rings is 1. The molecular formula is C15H20OS2. The number of aliphatic hydroxyl groups excluding tert-OH is 1. The van der Waals surface area contributed by atoms with Gasteiger partial charge in [0.1, 0.15) is 0 Å². The Balaban J connectivity index is 1.81. The van der Waals surface area contributed by atoms with Crippen LogP contribution in [0.5, 0.6) is 0 Å². The van der Waals surface area contributed by atoms with Crippen LogP contribution in [0.3, 0.4) is 0 Å². The van der Waals surface area contributed by atoms with Crippen LogP contribution in [-0.4, -0.2) is 27.6 Å². The van der Waals surface area contributed by atoms with E-state index in [0.717, 1.165) is 5.75 Å². The highest BCUT2D eigenvalue weighted by molar-refractivity contribution is 8.06. The van der Waals surface area contributed by atoms with Gasteiger partial charge in [-0.2, -0.15) is 23.5 Å². The summed E-state index contributed by atoms with van der Waals surface area (Å²) in [5.74, 6) is 4.21. The lowest BCUT2D eigenvalue weighted by Crippen LogP contribution is -2.24. The van der Waals surface area contributed by atoms with Crippen LogP contribution in [0.4, 0.5) is 0 Å². The van der Waals surface area contributed by atoms with Gasteiger partial charge in [-0.15, -0.1) is 0 Å². The molecular weight excluding hydrogens is 260 g/mol. The van der Waals surface area contributed by atoms with Gasteiger partial charge in [0.2, 0.25) is 0 Å².